The van der Waals surface area contributed by atoms with Crippen LogP contribution in [0.4, 0.5) is 5.69 Å². The smallest absolute Gasteiger partial charge is 0.270 e. The van der Waals surface area contributed by atoms with Crippen molar-refractivity contribution < 1.29 is 10.0 Å². The van der Waals surface area contributed by atoms with Crippen molar-refractivity contribution in [3.63, 3.8) is 0 Å². The van der Waals surface area contributed by atoms with E-state index < -0.39 is 4.92 Å². The number of H-pyrrole nitrogens is 1. The number of non-ortho nitro benzene ring substituents is 1. The minimum Gasteiger partial charge on any atom is -0.508 e. The Labute approximate surface area is 143 Å². The SMILES string of the molecule is O=c1[nH]c(C2CC2)nc2c1CN(Cc1cc([N+](=O)[O-])ccc1O)CC2. The Balaban J connectivity index is 1.56. The van der Waals surface area contributed by atoms with E-state index in [0.29, 0.717) is 43.1 Å². The molecule has 0 spiro atoms. The van der Waals surface area contributed by atoms with Gasteiger partial charge in [-0.2, -0.15) is 0 Å². The summed E-state index contributed by atoms with van der Waals surface area (Å²) in [6.07, 6.45) is 2.83. The fourth-order valence-electron chi connectivity index (χ4n) is 3.24. The molecule has 0 amide bonds. The summed E-state index contributed by atoms with van der Waals surface area (Å²) >= 11 is 0. The molecule has 2 heterocycles. The number of nitrogens with one attached hydrogen (secondary N) is 1. The van der Waals surface area contributed by atoms with Gasteiger partial charge in [-0.05, 0) is 18.9 Å². The zero-order chi connectivity index (χ0) is 17.6. The lowest BCUT2D eigenvalue weighted by Gasteiger charge is -2.27. The van der Waals surface area contributed by atoms with Gasteiger partial charge in [0.1, 0.15) is 11.6 Å². The van der Waals surface area contributed by atoms with Crippen molar-refractivity contribution in [2.24, 2.45) is 0 Å². The molecule has 130 valence electrons. The van der Waals surface area contributed by atoms with Gasteiger partial charge in [0.05, 0.1) is 16.2 Å². The van der Waals surface area contributed by atoms with Crippen LogP contribution < -0.4 is 5.56 Å². The molecule has 25 heavy (non-hydrogen) atoms. The maximum Gasteiger partial charge on any atom is 0.270 e. The number of hydrogen-bond donors (Lipinski definition) is 2. The predicted octanol–water partition coefficient (Wildman–Crippen LogP) is 1.82. The number of phenols is 1. The second kappa shape index (κ2) is 5.96. The van der Waals surface area contributed by atoms with Gasteiger partial charge in [0.15, 0.2) is 0 Å². The molecule has 8 nitrogen and oxygen atoms in total. The molecule has 0 saturated heterocycles. The van der Waals surface area contributed by atoms with Crippen molar-refractivity contribution in [1.29, 1.82) is 0 Å². The molecule has 0 radical (unpaired) electrons. The molecule has 1 saturated carbocycles. The van der Waals surface area contributed by atoms with E-state index in [1.807, 2.05) is 4.90 Å². The van der Waals surface area contributed by atoms with Crippen LogP contribution in [0.3, 0.4) is 0 Å². The van der Waals surface area contributed by atoms with Gasteiger partial charge in [-0.15, -0.1) is 0 Å². The highest BCUT2D eigenvalue weighted by Crippen LogP contribution is 2.38. The van der Waals surface area contributed by atoms with Gasteiger partial charge < -0.3 is 10.1 Å². The topological polar surface area (TPSA) is 112 Å². The van der Waals surface area contributed by atoms with Gasteiger partial charge in [-0.25, -0.2) is 4.98 Å². The predicted molar refractivity (Wildman–Crippen MR) is 89.4 cm³/mol. The molecule has 1 aromatic carbocycles. The van der Waals surface area contributed by atoms with Crippen molar-refractivity contribution in [3.05, 3.63) is 61.3 Å². The van der Waals surface area contributed by atoms with E-state index in [0.717, 1.165) is 24.4 Å². The Morgan fingerprint density at radius 1 is 1.40 bits per heavy atom. The van der Waals surface area contributed by atoms with E-state index in [2.05, 4.69) is 9.97 Å². The fraction of sp³-hybridized carbons (Fsp3) is 0.412. The van der Waals surface area contributed by atoms with Gasteiger partial charge in [0, 0.05) is 49.7 Å². The maximum atomic E-state index is 12.4. The van der Waals surface area contributed by atoms with Crippen LogP contribution in [0.5, 0.6) is 5.75 Å². The Kier molecular flexibility index (Phi) is 3.76. The molecular weight excluding hydrogens is 324 g/mol. The van der Waals surface area contributed by atoms with Gasteiger partial charge in [0.2, 0.25) is 0 Å². The maximum absolute atomic E-state index is 12.4. The Bertz CT molecular complexity index is 904. The van der Waals surface area contributed by atoms with Crippen molar-refractivity contribution in [2.75, 3.05) is 6.54 Å². The summed E-state index contributed by atoms with van der Waals surface area (Å²) in [5, 5.41) is 20.9. The zero-order valence-electron chi connectivity index (χ0n) is 13.6. The summed E-state index contributed by atoms with van der Waals surface area (Å²) in [5.74, 6) is 1.22. The zero-order valence-corrected chi connectivity index (χ0v) is 13.6. The third-order valence-corrected chi connectivity index (χ3v) is 4.80. The number of hydrogen-bond acceptors (Lipinski definition) is 6. The van der Waals surface area contributed by atoms with E-state index in [-0.39, 0.29) is 17.0 Å². The van der Waals surface area contributed by atoms with Crippen LogP contribution >= 0.6 is 0 Å². The third-order valence-electron chi connectivity index (χ3n) is 4.80. The first kappa shape index (κ1) is 15.8. The molecule has 0 unspecified atom stereocenters. The van der Waals surface area contributed by atoms with Gasteiger partial charge >= 0.3 is 0 Å². The average Bonchev–Trinajstić information content (AvgIpc) is 3.42. The standard InChI is InChI=1S/C17H18N4O4/c22-15-4-3-12(21(24)25)7-11(15)8-20-6-5-14-13(9-20)17(23)19-16(18-14)10-1-2-10/h3-4,7,10,22H,1-2,5-6,8-9H2,(H,18,19,23). The molecular formula is C17H18N4O4. The number of phenolic OH excluding ortho intramolecular Hbond substituents is 1. The monoisotopic (exact) mass is 342 g/mol. The number of aromatic amines is 1. The average molecular weight is 342 g/mol. The van der Waals surface area contributed by atoms with E-state index in [1.54, 1.807) is 0 Å². The summed E-state index contributed by atoms with van der Waals surface area (Å²) in [7, 11) is 0. The minimum absolute atomic E-state index is 0.0208. The molecule has 1 aliphatic heterocycles. The van der Waals surface area contributed by atoms with Gasteiger partial charge in [0.25, 0.3) is 11.2 Å². The quantitative estimate of drug-likeness (QED) is 0.647. The second-order valence-electron chi connectivity index (χ2n) is 6.68. The summed E-state index contributed by atoms with van der Waals surface area (Å²) in [5.41, 5.74) is 1.83. The molecule has 0 bridgehead atoms. The molecule has 4 rings (SSSR count). The first-order chi connectivity index (χ1) is 12.0. The van der Waals surface area contributed by atoms with Crippen LogP contribution in [0.2, 0.25) is 0 Å². The summed E-state index contributed by atoms with van der Waals surface area (Å²) < 4.78 is 0. The van der Waals surface area contributed by atoms with Crippen molar-refractivity contribution in [3.8, 4) is 5.75 Å². The lowest BCUT2D eigenvalue weighted by atomic mass is 10.1. The van der Waals surface area contributed by atoms with Gasteiger partial charge in [-0.1, -0.05) is 0 Å². The van der Waals surface area contributed by atoms with Crippen LogP contribution in [0, 0.1) is 10.1 Å². The van der Waals surface area contributed by atoms with Crippen molar-refractivity contribution in [1.82, 2.24) is 14.9 Å². The van der Waals surface area contributed by atoms with Crippen molar-refractivity contribution in [2.45, 2.75) is 38.3 Å². The molecule has 8 heteroatoms. The minimum atomic E-state index is -0.484. The molecule has 1 aromatic heterocycles. The Morgan fingerprint density at radius 2 is 2.20 bits per heavy atom. The number of nitro groups is 1. The number of nitrogens with zero attached hydrogens (tertiary/aromatic N) is 3. The molecule has 1 fully saturated rings. The highest BCUT2D eigenvalue weighted by Gasteiger charge is 2.29. The lowest BCUT2D eigenvalue weighted by Crippen LogP contribution is -2.35. The van der Waals surface area contributed by atoms with E-state index >= 15 is 0 Å². The van der Waals surface area contributed by atoms with E-state index in [9.17, 15) is 20.0 Å². The molecule has 2 aliphatic rings. The number of nitro benzene ring substituents is 1. The summed E-state index contributed by atoms with van der Waals surface area (Å²) in [6, 6.07) is 3.99. The molecule has 1 aliphatic carbocycles. The highest BCUT2D eigenvalue weighted by molar-refractivity contribution is 5.43. The third kappa shape index (κ3) is 3.12. The van der Waals surface area contributed by atoms with Gasteiger partial charge in [-0.3, -0.25) is 19.8 Å². The first-order valence-corrected chi connectivity index (χ1v) is 8.32. The van der Waals surface area contributed by atoms with E-state index in [4.69, 9.17) is 0 Å². The second-order valence-corrected chi connectivity index (χ2v) is 6.68. The van der Waals surface area contributed by atoms with Crippen LogP contribution in [-0.4, -0.2) is 31.4 Å². The van der Waals surface area contributed by atoms with Crippen LogP contribution in [0.1, 0.15) is 41.4 Å². The highest BCUT2D eigenvalue weighted by atomic mass is 16.6. The summed E-state index contributed by atoms with van der Waals surface area (Å²) in [4.78, 5) is 32.3. The molecule has 0 atom stereocenters. The van der Waals surface area contributed by atoms with Crippen molar-refractivity contribution >= 4 is 5.69 Å². The fourth-order valence-corrected chi connectivity index (χ4v) is 3.24. The van der Waals surface area contributed by atoms with Crippen LogP contribution in [0.25, 0.3) is 0 Å². The number of benzene rings is 1. The molecule has 2 N–H and O–H groups in total. The van der Waals surface area contributed by atoms with Crippen LogP contribution in [-0.2, 0) is 19.5 Å². The Hall–Kier alpha value is -2.74. The number of rotatable bonds is 4. The largest absolute Gasteiger partial charge is 0.508 e. The number of aromatic nitrogens is 2. The molecule has 2 aromatic rings. The normalized spacial score (nSPS) is 17.3. The Morgan fingerprint density at radius 3 is 2.92 bits per heavy atom. The number of fused-ring (bicyclic) bond motifs is 1. The first-order valence-electron chi connectivity index (χ1n) is 8.32. The van der Waals surface area contributed by atoms with Crippen LogP contribution in [0.15, 0.2) is 23.0 Å². The lowest BCUT2D eigenvalue weighted by molar-refractivity contribution is -0.385. The number of aromatic hydroxyl groups is 1. The summed E-state index contributed by atoms with van der Waals surface area (Å²) in [6.45, 7) is 1.46. The van der Waals surface area contributed by atoms with E-state index in [1.165, 1.54) is 18.2 Å².